The molecule has 0 amide bonds. The number of aliphatic hydroxyl groups excluding tert-OH is 1. The van der Waals surface area contributed by atoms with E-state index < -0.39 is 0 Å². The van der Waals surface area contributed by atoms with E-state index in [2.05, 4.69) is 17.2 Å². The first-order valence-corrected chi connectivity index (χ1v) is 6.37. The van der Waals surface area contributed by atoms with E-state index >= 15 is 0 Å². The summed E-state index contributed by atoms with van der Waals surface area (Å²) in [5.41, 5.74) is 1.31. The normalized spacial score (nSPS) is 18.9. The van der Waals surface area contributed by atoms with Gasteiger partial charge in [-0.05, 0) is 33.1 Å². The van der Waals surface area contributed by atoms with Crippen molar-refractivity contribution in [2.45, 2.75) is 45.2 Å². The molecule has 0 aliphatic heterocycles. The summed E-state index contributed by atoms with van der Waals surface area (Å²) >= 11 is 1.83. The second-order valence-corrected chi connectivity index (χ2v) is 5.36. The van der Waals surface area contributed by atoms with Crippen molar-refractivity contribution in [2.75, 3.05) is 6.61 Å². The lowest BCUT2D eigenvalue weighted by Crippen LogP contribution is -2.31. The van der Waals surface area contributed by atoms with Gasteiger partial charge < -0.3 is 10.4 Å². The Kier molecular flexibility index (Phi) is 3.38. The third-order valence-electron chi connectivity index (χ3n) is 2.79. The van der Waals surface area contributed by atoms with Crippen molar-refractivity contribution in [3.05, 3.63) is 15.6 Å². The van der Waals surface area contributed by atoms with E-state index in [1.54, 1.807) is 0 Å². The quantitative estimate of drug-likeness (QED) is 0.821. The molecule has 2 rings (SSSR count). The molecular formula is C11H18N2OS. The molecule has 15 heavy (non-hydrogen) atoms. The first kappa shape index (κ1) is 11.0. The second kappa shape index (κ2) is 4.60. The van der Waals surface area contributed by atoms with Crippen LogP contribution < -0.4 is 5.32 Å². The van der Waals surface area contributed by atoms with Crippen molar-refractivity contribution < 1.29 is 5.11 Å². The first-order valence-electron chi connectivity index (χ1n) is 5.56. The number of hydrogen-bond donors (Lipinski definition) is 2. The third-order valence-corrected chi connectivity index (χ3v) is 4.13. The molecular weight excluding hydrogens is 208 g/mol. The molecule has 2 unspecified atom stereocenters. The molecule has 2 N–H and O–H groups in total. The zero-order chi connectivity index (χ0) is 10.8. The minimum atomic E-state index is 0.138. The van der Waals surface area contributed by atoms with Crippen LogP contribution in [0.2, 0.25) is 0 Å². The largest absolute Gasteiger partial charge is 0.395 e. The minimum Gasteiger partial charge on any atom is -0.395 e. The second-order valence-electron chi connectivity index (χ2n) is 4.25. The molecule has 2 atom stereocenters. The van der Waals surface area contributed by atoms with Crippen LogP contribution in [0.1, 0.15) is 41.9 Å². The SMILES string of the molecule is CC(CO)NC(C)c1nc2c(s1)CCC2. The molecule has 0 saturated carbocycles. The molecule has 3 nitrogen and oxygen atoms in total. The Hall–Kier alpha value is -0.450. The Morgan fingerprint density at radius 3 is 2.93 bits per heavy atom. The Balaban J connectivity index is 2.03. The van der Waals surface area contributed by atoms with Crippen molar-refractivity contribution in [1.82, 2.24) is 10.3 Å². The Morgan fingerprint density at radius 1 is 1.47 bits per heavy atom. The number of thiazole rings is 1. The lowest BCUT2D eigenvalue weighted by atomic mass is 10.3. The number of aromatic nitrogens is 1. The zero-order valence-corrected chi connectivity index (χ0v) is 10.1. The maximum absolute atomic E-state index is 8.97. The van der Waals surface area contributed by atoms with Crippen molar-refractivity contribution in [1.29, 1.82) is 0 Å². The number of rotatable bonds is 4. The van der Waals surface area contributed by atoms with Crippen molar-refractivity contribution in [3.63, 3.8) is 0 Å². The maximum atomic E-state index is 8.97. The van der Waals surface area contributed by atoms with E-state index in [1.807, 2.05) is 18.3 Å². The van der Waals surface area contributed by atoms with Crippen LogP contribution in [-0.4, -0.2) is 22.7 Å². The number of aliphatic hydroxyl groups is 1. The van der Waals surface area contributed by atoms with Crippen LogP contribution >= 0.6 is 11.3 Å². The lowest BCUT2D eigenvalue weighted by Gasteiger charge is -2.16. The van der Waals surface area contributed by atoms with Crippen LogP contribution in [0.4, 0.5) is 0 Å². The molecule has 1 aromatic rings. The molecule has 1 heterocycles. The molecule has 0 fully saturated rings. The Morgan fingerprint density at radius 2 is 2.27 bits per heavy atom. The van der Waals surface area contributed by atoms with Gasteiger partial charge in [0.2, 0.25) is 0 Å². The van der Waals surface area contributed by atoms with Crippen molar-refractivity contribution >= 4 is 11.3 Å². The molecule has 1 aromatic heterocycles. The van der Waals surface area contributed by atoms with Crippen LogP contribution in [0.5, 0.6) is 0 Å². The van der Waals surface area contributed by atoms with E-state index in [4.69, 9.17) is 5.11 Å². The first-order chi connectivity index (χ1) is 7.20. The summed E-state index contributed by atoms with van der Waals surface area (Å²) in [5.74, 6) is 0. The summed E-state index contributed by atoms with van der Waals surface area (Å²) in [4.78, 5) is 6.12. The van der Waals surface area contributed by atoms with E-state index in [-0.39, 0.29) is 18.7 Å². The molecule has 4 heteroatoms. The van der Waals surface area contributed by atoms with E-state index in [9.17, 15) is 0 Å². The monoisotopic (exact) mass is 226 g/mol. The Labute approximate surface area is 94.5 Å². The highest BCUT2D eigenvalue weighted by Gasteiger charge is 2.20. The van der Waals surface area contributed by atoms with Gasteiger partial charge in [-0.1, -0.05) is 0 Å². The summed E-state index contributed by atoms with van der Waals surface area (Å²) in [6.07, 6.45) is 3.62. The molecule has 0 spiro atoms. The molecule has 1 aliphatic rings. The maximum Gasteiger partial charge on any atom is 0.110 e. The molecule has 0 saturated heterocycles. The van der Waals surface area contributed by atoms with Crippen molar-refractivity contribution in [3.8, 4) is 0 Å². The van der Waals surface area contributed by atoms with Crippen LogP contribution in [0.15, 0.2) is 0 Å². The Bertz CT molecular complexity index is 316. The van der Waals surface area contributed by atoms with Gasteiger partial charge in [0.05, 0.1) is 18.3 Å². The summed E-state index contributed by atoms with van der Waals surface area (Å²) in [6.45, 7) is 4.27. The summed E-state index contributed by atoms with van der Waals surface area (Å²) in [7, 11) is 0. The number of aryl methyl sites for hydroxylation is 2. The molecule has 0 radical (unpaired) electrons. The van der Waals surface area contributed by atoms with Crippen molar-refractivity contribution in [2.24, 2.45) is 0 Å². The number of fused-ring (bicyclic) bond motifs is 1. The highest BCUT2D eigenvalue weighted by Crippen LogP contribution is 2.30. The lowest BCUT2D eigenvalue weighted by molar-refractivity contribution is 0.243. The van der Waals surface area contributed by atoms with Crippen LogP contribution in [-0.2, 0) is 12.8 Å². The van der Waals surface area contributed by atoms with Gasteiger partial charge in [-0.3, -0.25) is 0 Å². The van der Waals surface area contributed by atoms with Gasteiger partial charge in [0.1, 0.15) is 5.01 Å². The van der Waals surface area contributed by atoms with Crippen LogP contribution in [0.3, 0.4) is 0 Å². The number of nitrogens with one attached hydrogen (secondary N) is 1. The van der Waals surface area contributed by atoms with Gasteiger partial charge in [0.25, 0.3) is 0 Å². The predicted molar refractivity (Wildman–Crippen MR) is 62.2 cm³/mol. The number of hydrogen-bond acceptors (Lipinski definition) is 4. The van der Waals surface area contributed by atoms with Gasteiger partial charge in [-0.25, -0.2) is 4.98 Å². The van der Waals surface area contributed by atoms with Gasteiger partial charge in [-0.2, -0.15) is 0 Å². The summed E-state index contributed by atoms with van der Waals surface area (Å²) in [6, 6.07) is 0.390. The topological polar surface area (TPSA) is 45.1 Å². The fraction of sp³-hybridized carbons (Fsp3) is 0.727. The van der Waals surface area contributed by atoms with Gasteiger partial charge in [0.15, 0.2) is 0 Å². The third kappa shape index (κ3) is 2.38. The molecule has 1 aliphatic carbocycles. The van der Waals surface area contributed by atoms with E-state index in [0.717, 1.165) is 6.42 Å². The number of nitrogens with zero attached hydrogens (tertiary/aromatic N) is 1. The molecule has 0 bridgehead atoms. The van der Waals surface area contributed by atoms with Gasteiger partial charge >= 0.3 is 0 Å². The standard InChI is InChI=1S/C11H18N2OS/c1-7(6-14)12-8(2)11-13-9-4-3-5-10(9)15-11/h7-8,12,14H,3-6H2,1-2H3. The summed E-state index contributed by atoms with van der Waals surface area (Å²) < 4.78 is 0. The highest BCUT2D eigenvalue weighted by atomic mass is 32.1. The van der Waals surface area contributed by atoms with Crippen LogP contribution in [0, 0.1) is 0 Å². The van der Waals surface area contributed by atoms with Crippen LogP contribution in [0.25, 0.3) is 0 Å². The fourth-order valence-electron chi connectivity index (χ4n) is 1.95. The predicted octanol–water partition coefficient (Wildman–Crippen LogP) is 1.66. The average Bonchev–Trinajstić information content (AvgIpc) is 2.76. The zero-order valence-electron chi connectivity index (χ0n) is 9.29. The molecule has 84 valence electrons. The molecule has 0 aromatic carbocycles. The van der Waals surface area contributed by atoms with E-state index in [0.29, 0.717) is 0 Å². The smallest absolute Gasteiger partial charge is 0.110 e. The summed E-state index contributed by atoms with van der Waals surface area (Å²) in [5, 5.41) is 13.5. The minimum absolute atomic E-state index is 0.138. The van der Waals surface area contributed by atoms with Gasteiger partial charge in [0, 0.05) is 10.9 Å². The van der Waals surface area contributed by atoms with E-state index in [1.165, 1.54) is 28.4 Å². The average molecular weight is 226 g/mol. The fourth-order valence-corrected chi connectivity index (χ4v) is 3.11. The van der Waals surface area contributed by atoms with Gasteiger partial charge in [-0.15, -0.1) is 11.3 Å². The highest BCUT2D eigenvalue weighted by molar-refractivity contribution is 7.11.